The van der Waals surface area contributed by atoms with Gasteiger partial charge in [-0.3, -0.25) is 0 Å². The molecule has 3 N–H and O–H groups in total. The second-order valence-electron chi connectivity index (χ2n) is 11.3. The van der Waals surface area contributed by atoms with E-state index in [0.29, 0.717) is 16.7 Å². The molecule has 5 nitrogen and oxygen atoms in total. The van der Waals surface area contributed by atoms with E-state index in [1.807, 2.05) is 0 Å². The number of guanidine groups is 1. The lowest BCUT2D eigenvalue weighted by Gasteiger charge is -2.58. The summed E-state index contributed by atoms with van der Waals surface area (Å²) in [5.74, 6) is 4.51. The second kappa shape index (κ2) is 7.65. The van der Waals surface area contributed by atoms with Gasteiger partial charge in [0.1, 0.15) is 0 Å². The monoisotopic (exact) mass is 412 g/mol. The molecule has 0 aromatic rings. The minimum Gasteiger partial charge on any atom is -0.393 e. The van der Waals surface area contributed by atoms with Crippen LogP contribution in [0, 0.1) is 40.4 Å². The maximum Gasteiger partial charge on any atom is 0.212 e. The van der Waals surface area contributed by atoms with Gasteiger partial charge in [-0.1, -0.05) is 32.4 Å². The number of hydrogen-bond donors (Lipinski definition) is 3. The molecule has 0 aromatic heterocycles. The van der Waals surface area contributed by atoms with Crippen molar-refractivity contribution in [3.63, 3.8) is 0 Å². The molecule has 0 bridgehead atoms. The second-order valence-corrected chi connectivity index (χ2v) is 11.3. The van der Waals surface area contributed by atoms with E-state index in [-0.39, 0.29) is 6.10 Å². The van der Waals surface area contributed by atoms with E-state index in [2.05, 4.69) is 53.9 Å². The van der Waals surface area contributed by atoms with Crippen LogP contribution < -0.4 is 10.7 Å². The normalized spacial score (nSPS) is 46.3. The molecule has 1 aliphatic heterocycles. The summed E-state index contributed by atoms with van der Waals surface area (Å²) >= 11 is 0. The van der Waals surface area contributed by atoms with Crippen LogP contribution in [0.1, 0.15) is 72.1 Å². The van der Waals surface area contributed by atoms with Gasteiger partial charge in [0.05, 0.1) is 12.6 Å². The predicted octanol–water partition coefficient (Wildman–Crippen LogP) is 4.10. The Labute approximate surface area is 181 Å². The maximum absolute atomic E-state index is 10.2. The Morgan fingerprint density at radius 3 is 2.90 bits per heavy atom. The molecule has 5 rings (SSSR count). The molecule has 4 aliphatic carbocycles. The highest BCUT2D eigenvalue weighted by Crippen LogP contribution is 2.67. The molecular weight excluding hydrogens is 372 g/mol. The molecule has 0 amide bonds. The zero-order valence-electron chi connectivity index (χ0n) is 19.0. The maximum atomic E-state index is 10.2. The van der Waals surface area contributed by atoms with Gasteiger partial charge in [-0.05, 0) is 91.8 Å². The minimum absolute atomic E-state index is 0.107. The zero-order chi connectivity index (χ0) is 20.9. The Morgan fingerprint density at radius 2 is 2.10 bits per heavy atom. The molecule has 1 heterocycles. The first-order valence-corrected chi connectivity index (χ1v) is 12.4. The number of aliphatic hydroxyl groups excluding tert-OH is 1. The molecule has 166 valence electrons. The number of nitrogens with zero attached hydrogens (tertiary/aromatic N) is 2. The minimum atomic E-state index is -0.107. The Kier molecular flexibility index (Phi) is 5.24. The molecule has 3 unspecified atom stereocenters. The lowest BCUT2D eigenvalue weighted by atomic mass is 9.47. The van der Waals surface area contributed by atoms with Gasteiger partial charge in [-0.25, -0.2) is 10.4 Å². The van der Waals surface area contributed by atoms with E-state index < -0.39 is 0 Å². The van der Waals surface area contributed by atoms with Crippen LogP contribution in [0.25, 0.3) is 0 Å². The zero-order valence-corrected chi connectivity index (χ0v) is 19.0. The van der Waals surface area contributed by atoms with Gasteiger partial charge >= 0.3 is 0 Å². The van der Waals surface area contributed by atoms with Crippen LogP contribution in [0.5, 0.6) is 0 Å². The van der Waals surface area contributed by atoms with Crippen molar-refractivity contribution in [2.45, 2.75) is 78.2 Å². The molecule has 0 radical (unpaired) electrons. The van der Waals surface area contributed by atoms with Crippen LogP contribution in [-0.4, -0.2) is 36.5 Å². The summed E-state index contributed by atoms with van der Waals surface area (Å²) in [6.07, 6.45) is 14.3. The molecule has 30 heavy (non-hydrogen) atoms. The van der Waals surface area contributed by atoms with Gasteiger partial charge in [-0.2, -0.15) is 5.10 Å². The highest BCUT2D eigenvalue weighted by molar-refractivity contribution is 5.81. The first kappa shape index (κ1) is 20.5. The number of aliphatic imine (C=N–C) groups is 1. The number of rotatable bonds is 3. The van der Waals surface area contributed by atoms with Crippen LogP contribution in [0.15, 0.2) is 21.7 Å². The Morgan fingerprint density at radius 1 is 1.23 bits per heavy atom. The quantitative estimate of drug-likeness (QED) is 0.371. The fraction of sp³-hybridized carbons (Fsp3) is 0.840. The SMILES string of the molecule is C[C@H](/C=N/NC1=NCCN1)[C@H]1CCC2C3CC=C4C[C@@H](O)CC[C@]4(C)C3CC[C@@]21C. The van der Waals surface area contributed by atoms with Crippen LogP contribution >= 0.6 is 0 Å². The summed E-state index contributed by atoms with van der Waals surface area (Å²) in [5, 5.41) is 18.0. The first-order chi connectivity index (χ1) is 14.4. The Hall–Kier alpha value is -1.36. The summed E-state index contributed by atoms with van der Waals surface area (Å²) in [6.45, 7) is 9.23. The van der Waals surface area contributed by atoms with E-state index in [1.165, 1.54) is 38.5 Å². The molecular formula is C25H40N4O. The molecule has 8 atom stereocenters. The first-order valence-electron chi connectivity index (χ1n) is 12.4. The molecule has 0 spiro atoms. The highest BCUT2D eigenvalue weighted by atomic mass is 16.3. The summed E-state index contributed by atoms with van der Waals surface area (Å²) in [6, 6.07) is 0. The van der Waals surface area contributed by atoms with Crippen molar-refractivity contribution < 1.29 is 5.11 Å². The Balaban J connectivity index is 1.31. The third-order valence-electron chi connectivity index (χ3n) is 9.94. The van der Waals surface area contributed by atoms with E-state index in [0.717, 1.165) is 55.6 Å². The summed E-state index contributed by atoms with van der Waals surface area (Å²) < 4.78 is 0. The van der Waals surface area contributed by atoms with Gasteiger partial charge in [0.15, 0.2) is 0 Å². The number of nitrogens with one attached hydrogen (secondary N) is 2. The largest absolute Gasteiger partial charge is 0.393 e. The molecule has 5 heteroatoms. The number of hydrogen-bond acceptors (Lipinski definition) is 5. The van der Waals surface area contributed by atoms with Crippen molar-refractivity contribution in [2.75, 3.05) is 13.1 Å². The van der Waals surface area contributed by atoms with Crippen molar-refractivity contribution in [1.29, 1.82) is 0 Å². The number of aliphatic hydroxyl groups is 1. The lowest BCUT2D eigenvalue weighted by molar-refractivity contribution is -0.0529. The lowest BCUT2D eigenvalue weighted by Crippen LogP contribution is -2.50. The summed E-state index contributed by atoms with van der Waals surface area (Å²) in [7, 11) is 0. The van der Waals surface area contributed by atoms with Gasteiger partial charge in [0.2, 0.25) is 5.96 Å². The van der Waals surface area contributed by atoms with E-state index >= 15 is 0 Å². The molecule has 3 saturated carbocycles. The van der Waals surface area contributed by atoms with E-state index in [9.17, 15) is 5.11 Å². The predicted molar refractivity (Wildman–Crippen MR) is 122 cm³/mol. The third kappa shape index (κ3) is 3.23. The van der Waals surface area contributed by atoms with Crippen LogP contribution in [0.3, 0.4) is 0 Å². The molecule has 0 aromatic carbocycles. The van der Waals surface area contributed by atoms with Crippen molar-refractivity contribution in [1.82, 2.24) is 10.7 Å². The third-order valence-corrected chi connectivity index (χ3v) is 9.94. The smallest absolute Gasteiger partial charge is 0.212 e. The standard InChI is InChI=1S/C25H40N4O/c1-16(15-28-29-23-26-12-13-27-23)20-6-7-21-19-5-4-17-14-18(30)8-10-24(17,2)22(19)9-11-25(20,21)3/h4,15-16,18-22,30H,5-14H2,1-3H3,(H2,26,27,29)/b28-15+/t16-,18+,19?,20-,21?,22?,24+,25-/m1/s1. The van der Waals surface area contributed by atoms with E-state index in [4.69, 9.17) is 0 Å². The van der Waals surface area contributed by atoms with Crippen molar-refractivity contribution in [3.8, 4) is 0 Å². The molecule has 3 fully saturated rings. The van der Waals surface area contributed by atoms with Gasteiger partial charge in [0.25, 0.3) is 0 Å². The topological polar surface area (TPSA) is 69.0 Å². The summed E-state index contributed by atoms with van der Waals surface area (Å²) in [5.41, 5.74) is 5.44. The van der Waals surface area contributed by atoms with Crippen LogP contribution in [0.2, 0.25) is 0 Å². The van der Waals surface area contributed by atoms with Crippen molar-refractivity contribution in [3.05, 3.63) is 11.6 Å². The summed E-state index contributed by atoms with van der Waals surface area (Å²) in [4.78, 5) is 4.36. The van der Waals surface area contributed by atoms with Crippen molar-refractivity contribution >= 4 is 12.2 Å². The van der Waals surface area contributed by atoms with E-state index in [1.54, 1.807) is 5.57 Å². The number of hydrazone groups is 1. The number of fused-ring (bicyclic) bond motifs is 5. The fourth-order valence-electron chi connectivity index (χ4n) is 8.34. The van der Waals surface area contributed by atoms with Gasteiger partial charge < -0.3 is 10.4 Å². The highest BCUT2D eigenvalue weighted by Gasteiger charge is 2.59. The fourth-order valence-corrected chi connectivity index (χ4v) is 8.34. The molecule has 0 saturated heterocycles. The van der Waals surface area contributed by atoms with Gasteiger partial charge in [-0.15, -0.1) is 0 Å². The van der Waals surface area contributed by atoms with Crippen LogP contribution in [0.4, 0.5) is 0 Å². The molecule has 5 aliphatic rings. The average molecular weight is 413 g/mol. The Bertz CT molecular complexity index is 760. The van der Waals surface area contributed by atoms with Crippen LogP contribution in [-0.2, 0) is 0 Å². The van der Waals surface area contributed by atoms with Gasteiger partial charge in [0, 0.05) is 12.8 Å². The van der Waals surface area contributed by atoms with Crippen molar-refractivity contribution in [2.24, 2.45) is 50.5 Å². The number of allylic oxidation sites excluding steroid dienone is 1. The average Bonchev–Trinajstić information content (AvgIpc) is 3.35.